The van der Waals surface area contributed by atoms with Gasteiger partial charge in [-0.2, -0.15) is 0 Å². The average Bonchev–Trinajstić information content (AvgIpc) is 2.58. The molecule has 0 radical (unpaired) electrons. The van der Waals surface area contributed by atoms with Gasteiger partial charge in [-0.25, -0.2) is 4.98 Å². The number of aliphatic hydroxyl groups is 1. The molecule has 1 N–H and O–H groups in total. The summed E-state index contributed by atoms with van der Waals surface area (Å²) >= 11 is 0. The topological polar surface area (TPSA) is 64.3 Å². The summed E-state index contributed by atoms with van der Waals surface area (Å²) in [6.45, 7) is 2.38. The zero-order chi connectivity index (χ0) is 10.6. The number of carbonyl (C=O) groups excluding carboxylic acids is 1. The van der Waals surface area contributed by atoms with Gasteiger partial charge in [-0.1, -0.05) is 0 Å². The number of aliphatic hydroxyl groups excluding tert-OH is 1. The third kappa shape index (κ3) is 2.40. The molecule has 0 spiro atoms. The van der Waals surface area contributed by atoms with Crippen LogP contribution in [0.2, 0.25) is 0 Å². The van der Waals surface area contributed by atoms with Gasteiger partial charge in [0.05, 0.1) is 18.9 Å². The molecule has 5 nitrogen and oxygen atoms in total. The Balaban J connectivity index is 2.88. The highest BCUT2D eigenvalue weighted by molar-refractivity contribution is 5.90. The Morgan fingerprint density at radius 3 is 2.93 bits per heavy atom. The Bertz CT molecular complexity index is 320. The summed E-state index contributed by atoms with van der Waals surface area (Å²) in [5, 5.41) is 8.86. The molecule has 0 unspecified atom stereocenters. The van der Waals surface area contributed by atoms with Gasteiger partial charge in [-0.05, 0) is 0 Å². The van der Waals surface area contributed by atoms with Crippen molar-refractivity contribution in [2.24, 2.45) is 0 Å². The molecule has 0 amide bonds. The van der Waals surface area contributed by atoms with E-state index < -0.39 is 0 Å². The van der Waals surface area contributed by atoms with Gasteiger partial charge in [-0.3, -0.25) is 4.79 Å². The third-order valence-electron chi connectivity index (χ3n) is 1.84. The first-order valence-corrected chi connectivity index (χ1v) is 4.35. The Labute approximate surface area is 82.3 Å². The van der Waals surface area contributed by atoms with E-state index in [-0.39, 0.29) is 12.4 Å². The van der Waals surface area contributed by atoms with Crippen molar-refractivity contribution in [3.8, 4) is 0 Å². The smallest absolute Gasteiger partial charge is 0.195 e. The highest BCUT2D eigenvalue weighted by Crippen LogP contribution is 2.04. The minimum atomic E-state index is -0.153. The molecule has 0 aliphatic carbocycles. The van der Waals surface area contributed by atoms with E-state index in [0.717, 1.165) is 0 Å². The van der Waals surface area contributed by atoms with E-state index >= 15 is 0 Å². The molecule has 0 bridgehead atoms. The van der Waals surface area contributed by atoms with E-state index in [1.807, 2.05) is 0 Å². The fraction of sp³-hybridized carbons (Fsp3) is 0.556. The van der Waals surface area contributed by atoms with E-state index in [4.69, 9.17) is 9.84 Å². The lowest BCUT2D eigenvalue weighted by atomic mass is 10.4. The van der Waals surface area contributed by atoms with Crippen molar-refractivity contribution in [1.29, 1.82) is 0 Å². The lowest BCUT2D eigenvalue weighted by molar-refractivity contribution is 0.0996. The SMILES string of the molecule is COCCn1cc(CO)nc1C(C)=O. The maximum absolute atomic E-state index is 11.2. The molecule has 0 aliphatic heterocycles. The largest absolute Gasteiger partial charge is 0.390 e. The van der Waals surface area contributed by atoms with Gasteiger partial charge in [0.2, 0.25) is 0 Å². The standard InChI is InChI=1S/C9H14N2O3/c1-7(13)9-10-8(6-12)5-11(9)3-4-14-2/h5,12H,3-4,6H2,1-2H3. The van der Waals surface area contributed by atoms with E-state index in [9.17, 15) is 4.79 Å². The number of ether oxygens (including phenoxy) is 1. The van der Waals surface area contributed by atoms with Crippen molar-refractivity contribution >= 4 is 5.78 Å². The Hall–Kier alpha value is -1.20. The van der Waals surface area contributed by atoms with Crippen LogP contribution >= 0.6 is 0 Å². The molecule has 1 aromatic rings. The number of carbonyl (C=O) groups is 1. The summed E-state index contributed by atoms with van der Waals surface area (Å²) in [5.41, 5.74) is 0.506. The highest BCUT2D eigenvalue weighted by atomic mass is 16.5. The first-order chi connectivity index (χ1) is 6.69. The zero-order valence-corrected chi connectivity index (χ0v) is 8.36. The second-order valence-electron chi connectivity index (χ2n) is 2.96. The molecule has 1 heterocycles. The summed E-state index contributed by atoms with van der Waals surface area (Å²) in [6, 6.07) is 0. The van der Waals surface area contributed by atoms with E-state index in [2.05, 4.69) is 4.98 Å². The summed E-state index contributed by atoms with van der Waals surface area (Å²) < 4.78 is 6.59. The lowest BCUT2D eigenvalue weighted by Crippen LogP contribution is -2.10. The second-order valence-corrected chi connectivity index (χ2v) is 2.96. The van der Waals surface area contributed by atoms with Crippen molar-refractivity contribution in [1.82, 2.24) is 9.55 Å². The third-order valence-corrected chi connectivity index (χ3v) is 1.84. The normalized spacial score (nSPS) is 10.5. The molecule has 1 aromatic heterocycles. The van der Waals surface area contributed by atoms with Gasteiger partial charge in [0.1, 0.15) is 0 Å². The number of Topliss-reactive ketones (excluding diaryl/α,β-unsaturated/α-hetero) is 1. The van der Waals surface area contributed by atoms with E-state index in [1.54, 1.807) is 17.9 Å². The van der Waals surface area contributed by atoms with Crippen LogP contribution in [0.1, 0.15) is 23.2 Å². The van der Waals surface area contributed by atoms with Gasteiger partial charge >= 0.3 is 0 Å². The van der Waals surface area contributed by atoms with Crippen molar-refractivity contribution in [2.45, 2.75) is 20.1 Å². The van der Waals surface area contributed by atoms with Gasteiger partial charge in [0.15, 0.2) is 11.6 Å². The molecule has 0 atom stereocenters. The number of methoxy groups -OCH3 is 1. The van der Waals surface area contributed by atoms with E-state index in [0.29, 0.717) is 24.7 Å². The van der Waals surface area contributed by atoms with Crippen LogP contribution in [0.4, 0.5) is 0 Å². The van der Waals surface area contributed by atoms with Gasteiger partial charge < -0.3 is 14.4 Å². The van der Waals surface area contributed by atoms with Crippen LogP contribution < -0.4 is 0 Å². The highest BCUT2D eigenvalue weighted by Gasteiger charge is 2.10. The summed E-state index contributed by atoms with van der Waals surface area (Å²) in [4.78, 5) is 15.1. The minimum Gasteiger partial charge on any atom is -0.390 e. The van der Waals surface area contributed by atoms with Crippen LogP contribution in [0.5, 0.6) is 0 Å². The number of ketones is 1. The Morgan fingerprint density at radius 2 is 2.43 bits per heavy atom. The Kier molecular flexibility index (Phi) is 3.79. The first-order valence-electron chi connectivity index (χ1n) is 4.35. The van der Waals surface area contributed by atoms with Gasteiger partial charge in [-0.15, -0.1) is 0 Å². The quantitative estimate of drug-likeness (QED) is 0.687. The fourth-order valence-electron chi connectivity index (χ4n) is 1.19. The van der Waals surface area contributed by atoms with Crippen LogP contribution in [-0.2, 0) is 17.9 Å². The lowest BCUT2D eigenvalue weighted by Gasteiger charge is -2.03. The molecule has 14 heavy (non-hydrogen) atoms. The Morgan fingerprint density at radius 1 is 1.71 bits per heavy atom. The van der Waals surface area contributed by atoms with Gasteiger partial charge in [0, 0.05) is 26.8 Å². The number of aromatic nitrogens is 2. The molecule has 0 aliphatic rings. The van der Waals surface area contributed by atoms with Crippen LogP contribution in [0.3, 0.4) is 0 Å². The molecule has 78 valence electrons. The molecular weight excluding hydrogens is 184 g/mol. The van der Waals surface area contributed by atoms with Crippen molar-refractivity contribution < 1.29 is 14.6 Å². The van der Waals surface area contributed by atoms with Crippen molar-refractivity contribution in [2.75, 3.05) is 13.7 Å². The molecule has 5 heteroatoms. The molecule has 0 fully saturated rings. The second kappa shape index (κ2) is 4.88. The predicted molar refractivity (Wildman–Crippen MR) is 50.0 cm³/mol. The molecular formula is C9H14N2O3. The molecule has 1 rings (SSSR count). The maximum Gasteiger partial charge on any atom is 0.195 e. The molecule has 0 saturated heterocycles. The molecule has 0 saturated carbocycles. The average molecular weight is 198 g/mol. The molecule has 0 aromatic carbocycles. The van der Waals surface area contributed by atoms with Crippen molar-refractivity contribution in [3.05, 3.63) is 17.7 Å². The van der Waals surface area contributed by atoms with Crippen LogP contribution in [0.15, 0.2) is 6.20 Å². The summed E-state index contributed by atoms with van der Waals surface area (Å²) in [7, 11) is 1.59. The van der Waals surface area contributed by atoms with Crippen LogP contribution in [0, 0.1) is 0 Å². The number of imidazole rings is 1. The van der Waals surface area contributed by atoms with Gasteiger partial charge in [0.25, 0.3) is 0 Å². The van der Waals surface area contributed by atoms with E-state index in [1.165, 1.54) is 6.92 Å². The maximum atomic E-state index is 11.2. The van der Waals surface area contributed by atoms with Crippen LogP contribution in [0.25, 0.3) is 0 Å². The monoisotopic (exact) mass is 198 g/mol. The predicted octanol–water partition coefficient (Wildman–Crippen LogP) is 0.224. The zero-order valence-electron chi connectivity index (χ0n) is 8.36. The van der Waals surface area contributed by atoms with Crippen molar-refractivity contribution in [3.63, 3.8) is 0 Å². The summed E-state index contributed by atoms with van der Waals surface area (Å²) in [6.07, 6.45) is 1.66. The first kappa shape index (κ1) is 10.9. The number of nitrogens with zero attached hydrogens (tertiary/aromatic N) is 2. The number of hydrogen-bond donors (Lipinski definition) is 1. The minimum absolute atomic E-state index is 0.110. The number of rotatable bonds is 5. The number of hydrogen-bond acceptors (Lipinski definition) is 4. The van der Waals surface area contributed by atoms with Crippen LogP contribution in [-0.4, -0.2) is 34.2 Å². The fourth-order valence-corrected chi connectivity index (χ4v) is 1.19. The summed E-state index contributed by atoms with van der Waals surface area (Å²) in [5.74, 6) is 0.256.